The minimum absolute atomic E-state index is 0.0741. The van der Waals surface area contributed by atoms with Crippen LogP contribution in [0.1, 0.15) is 24.2 Å². The molecule has 1 heterocycles. The van der Waals surface area contributed by atoms with Crippen LogP contribution in [-0.4, -0.2) is 35.5 Å². The van der Waals surface area contributed by atoms with Crippen molar-refractivity contribution in [1.29, 1.82) is 0 Å². The summed E-state index contributed by atoms with van der Waals surface area (Å²) in [6.45, 7) is 5.48. The molecule has 0 saturated heterocycles. The van der Waals surface area contributed by atoms with Crippen molar-refractivity contribution in [2.24, 2.45) is 0 Å². The van der Waals surface area contributed by atoms with E-state index in [0.717, 1.165) is 6.54 Å². The maximum absolute atomic E-state index is 12.0. The Bertz CT molecular complexity index is 371. The molecule has 2 N–H and O–H groups in total. The molecule has 0 saturated carbocycles. The molecule has 1 unspecified atom stereocenters. The minimum atomic E-state index is -0.0741. The second-order valence-electron chi connectivity index (χ2n) is 3.69. The lowest BCUT2D eigenvalue weighted by Gasteiger charge is -2.12. The lowest BCUT2D eigenvalue weighted by Crippen LogP contribution is -2.30. The Hall–Kier alpha value is -1.23. The van der Waals surface area contributed by atoms with Gasteiger partial charge in [0.15, 0.2) is 0 Å². The lowest BCUT2D eigenvalue weighted by molar-refractivity contribution is 0.0954. The van der Waals surface area contributed by atoms with E-state index in [1.54, 1.807) is 30.1 Å². The highest BCUT2D eigenvalue weighted by molar-refractivity contribution is 7.99. The van der Waals surface area contributed by atoms with Crippen LogP contribution < -0.4 is 10.6 Å². The number of amides is 1. The first-order valence-electron chi connectivity index (χ1n) is 5.69. The first-order valence-corrected chi connectivity index (χ1v) is 6.97. The van der Waals surface area contributed by atoms with Gasteiger partial charge in [0.1, 0.15) is 5.82 Å². The van der Waals surface area contributed by atoms with E-state index >= 15 is 0 Å². The van der Waals surface area contributed by atoms with E-state index in [0.29, 0.717) is 23.2 Å². The van der Waals surface area contributed by atoms with Gasteiger partial charge in [-0.3, -0.25) is 4.79 Å². The highest BCUT2D eigenvalue weighted by atomic mass is 32.2. The maximum atomic E-state index is 12.0. The van der Waals surface area contributed by atoms with Crippen LogP contribution in [0.15, 0.2) is 18.3 Å². The second kappa shape index (κ2) is 7.17. The third kappa shape index (κ3) is 4.26. The number of aromatic nitrogens is 1. The van der Waals surface area contributed by atoms with E-state index < -0.39 is 0 Å². The van der Waals surface area contributed by atoms with Crippen molar-refractivity contribution in [3.05, 3.63) is 23.9 Å². The van der Waals surface area contributed by atoms with E-state index in [-0.39, 0.29) is 5.91 Å². The van der Waals surface area contributed by atoms with Gasteiger partial charge in [0.05, 0.1) is 5.56 Å². The third-order valence-corrected chi connectivity index (χ3v) is 3.32. The number of thioether (sulfide) groups is 1. The molecule has 0 aliphatic rings. The van der Waals surface area contributed by atoms with Crippen LogP contribution in [0.4, 0.5) is 5.82 Å². The maximum Gasteiger partial charge on any atom is 0.255 e. The molecule has 1 amide bonds. The Kier molecular flexibility index (Phi) is 5.83. The highest BCUT2D eigenvalue weighted by Gasteiger charge is 2.11. The number of carbonyl (C=O) groups excluding carboxylic acids is 1. The van der Waals surface area contributed by atoms with Gasteiger partial charge in [-0.2, -0.15) is 11.8 Å². The molecule has 0 fully saturated rings. The molecule has 1 atom stereocenters. The summed E-state index contributed by atoms with van der Waals surface area (Å²) in [5, 5.41) is 6.41. The predicted molar refractivity (Wildman–Crippen MR) is 73.7 cm³/mol. The first kappa shape index (κ1) is 13.8. The van der Waals surface area contributed by atoms with Crippen LogP contribution in [-0.2, 0) is 0 Å². The molecule has 0 bridgehead atoms. The molecule has 4 nitrogen and oxygen atoms in total. The zero-order valence-electron chi connectivity index (χ0n) is 10.5. The zero-order valence-corrected chi connectivity index (χ0v) is 11.3. The van der Waals surface area contributed by atoms with E-state index in [4.69, 9.17) is 0 Å². The van der Waals surface area contributed by atoms with Gasteiger partial charge in [-0.25, -0.2) is 4.98 Å². The van der Waals surface area contributed by atoms with Gasteiger partial charge in [-0.15, -0.1) is 0 Å². The Morgan fingerprint density at radius 2 is 2.35 bits per heavy atom. The number of pyridine rings is 1. The summed E-state index contributed by atoms with van der Waals surface area (Å²) in [7, 11) is 0. The van der Waals surface area contributed by atoms with Crippen molar-refractivity contribution in [3.63, 3.8) is 0 Å². The average Bonchev–Trinajstić information content (AvgIpc) is 2.36. The number of hydrogen-bond acceptors (Lipinski definition) is 4. The minimum Gasteiger partial charge on any atom is -0.370 e. The number of rotatable bonds is 6. The van der Waals surface area contributed by atoms with Crippen LogP contribution in [0.25, 0.3) is 0 Å². The Balaban J connectivity index is 2.67. The summed E-state index contributed by atoms with van der Waals surface area (Å²) >= 11 is 1.73. The van der Waals surface area contributed by atoms with Crippen molar-refractivity contribution in [2.75, 3.05) is 24.7 Å². The molecular weight excluding hydrogens is 234 g/mol. The van der Waals surface area contributed by atoms with Gasteiger partial charge in [-0.05, 0) is 25.3 Å². The Labute approximate surface area is 107 Å². The molecule has 0 aliphatic heterocycles. The Morgan fingerprint density at radius 1 is 1.59 bits per heavy atom. The molecule has 1 aromatic heterocycles. The standard InChI is InChI=1S/C12H19N3OS/c1-4-13-11-10(6-5-7-14-11)12(16)15-8-9(2)17-3/h5-7,9H,4,8H2,1-3H3,(H,13,14)(H,15,16). The quantitative estimate of drug-likeness (QED) is 0.814. The molecule has 0 aromatic carbocycles. The molecule has 94 valence electrons. The molecule has 0 spiro atoms. The second-order valence-corrected chi connectivity index (χ2v) is 4.96. The van der Waals surface area contributed by atoms with Gasteiger partial charge < -0.3 is 10.6 Å². The Morgan fingerprint density at radius 3 is 3.00 bits per heavy atom. The topological polar surface area (TPSA) is 54.0 Å². The van der Waals surface area contributed by atoms with Crippen molar-refractivity contribution >= 4 is 23.5 Å². The van der Waals surface area contributed by atoms with Crippen LogP contribution in [0, 0.1) is 0 Å². The van der Waals surface area contributed by atoms with Crippen LogP contribution >= 0.6 is 11.8 Å². The number of anilines is 1. The number of hydrogen-bond donors (Lipinski definition) is 2. The SMILES string of the molecule is CCNc1ncccc1C(=O)NCC(C)SC. The molecule has 0 aliphatic carbocycles. The predicted octanol–water partition coefficient (Wildman–Crippen LogP) is 1.99. The lowest BCUT2D eigenvalue weighted by atomic mass is 10.2. The summed E-state index contributed by atoms with van der Waals surface area (Å²) in [6.07, 6.45) is 3.71. The fraction of sp³-hybridized carbons (Fsp3) is 0.500. The van der Waals surface area contributed by atoms with Crippen molar-refractivity contribution in [3.8, 4) is 0 Å². The summed E-state index contributed by atoms with van der Waals surface area (Å²) in [6, 6.07) is 3.55. The van der Waals surface area contributed by atoms with Gasteiger partial charge >= 0.3 is 0 Å². The third-order valence-electron chi connectivity index (χ3n) is 2.35. The largest absolute Gasteiger partial charge is 0.370 e. The highest BCUT2D eigenvalue weighted by Crippen LogP contribution is 2.11. The molecule has 0 radical (unpaired) electrons. The van der Waals surface area contributed by atoms with E-state index in [1.165, 1.54) is 0 Å². The molecule has 17 heavy (non-hydrogen) atoms. The first-order chi connectivity index (χ1) is 8.19. The van der Waals surface area contributed by atoms with Gasteiger partial charge in [0.25, 0.3) is 5.91 Å². The van der Waals surface area contributed by atoms with Crippen LogP contribution in [0.2, 0.25) is 0 Å². The van der Waals surface area contributed by atoms with Crippen molar-refractivity contribution in [2.45, 2.75) is 19.1 Å². The van der Waals surface area contributed by atoms with Crippen LogP contribution in [0.3, 0.4) is 0 Å². The van der Waals surface area contributed by atoms with Crippen LogP contribution in [0.5, 0.6) is 0 Å². The molecular formula is C12H19N3OS. The summed E-state index contributed by atoms with van der Waals surface area (Å²) in [4.78, 5) is 16.1. The summed E-state index contributed by atoms with van der Waals surface area (Å²) in [5.41, 5.74) is 0.600. The molecule has 5 heteroatoms. The monoisotopic (exact) mass is 253 g/mol. The smallest absolute Gasteiger partial charge is 0.255 e. The number of nitrogens with one attached hydrogen (secondary N) is 2. The summed E-state index contributed by atoms with van der Waals surface area (Å²) < 4.78 is 0. The van der Waals surface area contributed by atoms with E-state index in [9.17, 15) is 4.79 Å². The van der Waals surface area contributed by atoms with Crippen molar-refractivity contribution in [1.82, 2.24) is 10.3 Å². The molecule has 1 aromatic rings. The molecule has 1 rings (SSSR count). The van der Waals surface area contributed by atoms with E-state index in [1.807, 2.05) is 13.2 Å². The van der Waals surface area contributed by atoms with Gasteiger partial charge in [0.2, 0.25) is 0 Å². The fourth-order valence-corrected chi connectivity index (χ4v) is 1.56. The van der Waals surface area contributed by atoms with E-state index in [2.05, 4.69) is 22.5 Å². The van der Waals surface area contributed by atoms with Gasteiger partial charge in [-0.1, -0.05) is 6.92 Å². The average molecular weight is 253 g/mol. The fourth-order valence-electron chi connectivity index (χ4n) is 1.31. The number of nitrogens with zero attached hydrogens (tertiary/aromatic N) is 1. The number of carbonyl (C=O) groups is 1. The normalized spacial score (nSPS) is 11.9. The zero-order chi connectivity index (χ0) is 12.7. The van der Waals surface area contributed by atoms with Crippen molar-refractivity contribution < 1.29 is 4.79 Å². The van der Waals surface area contributed by atoms with Gasteiger partial charge in [0, 0.05) is 24.5 Å². The summed E-state index contributed by atoms with van der Waals surface area (Å²) in [5.74, 6) is 0.569.